The summed E-state index contributed by atoms with van der Waals surface area (Å²) in [7, 11) is 0. The molecule has 2 heteroatoms. The number of hydrogen-bond acceptors (Lipinski definition) is 2. The zero-order chi connectivity index (χ0) is 11.1. The Bertz CT molecular complexity index is 266. The third-order valence-electron chi connectivity index (χ3n) is 2.38. The summed E-state index contributed by atoms with van der Waals surface area (Å²) >= 11 is 1.90. The summed E-state index contributed by atoms with van der Waals surface area (Å²) in [5, 5.41) is 9.35. The molecule has 1 atom stereocenters. The third kappa shape index (κ3) is 4.72. The number of benzene rings is 1. The van der Waals surface area contributed by atoms with Crippen molar-refractivity contribution < 1.29 is 5.11 Å². The first-order valence-electron chi connectivity index (χ1n) is 5.65. The summed E-state index contributed by atoms with van der Waals surface area (Å²) in [4.78, 5) is 1.30. The van der Waals surface area contributed by atoms with Crippen molar-refractivity contribution >= 4 is 11.8 Å². The number of hydrogen-bond donors (Lipinski definition) is 1. The Morgan fingerprint density at radius 1 is 1.20 bits per heavy atom. The Labute approximate surface area is 96.9 Å². The highest BCUT2D eigenvalue weighted by Gasteiger charge is 2.00. The molecule has 0 aliphatic heterocycles. The zero-order valence-electron chi connectivity index (χ0n) is 9.57. The van der Waals surface area contributed by atoms with Crippen molar-refractivity contribution in [2.75, 3.05) is 5.75 Å². The van der Waals surface area contributed by atoms with Crippen LogP contribution in [-0.2, 0) is 0 Å². The number of thioether (sulfide) groups is 1. The predicted octanol–water partition coefficient (Wildman–Crippen LogP) is 4.02. The fourth-order valence-corrected chi connectivity index (χ4v) is 2.30. The van der Waals surface area contributed by atoms with Crippen LogP contribution in [0.15, 0.2) is 29.2 Å². The molecule has 0 amide bonds. The highest BCUT2D eigenvalue weighted by atomic mass is 32.2. The van der Waals surface area contributed by atoms with E-state index < -0.39 is 0 Å². The van der Waals surface area contributed by atoms with E-state index in [0.29, 0.717) is 0 Å². The summed E-state index contributed by atoms with van der Waals surface area (Å²) in [5.41, 5.74) is 0.993. The summed E-state index contributed by atoms with van der Waals surface area (Å²) in [6.07, 6.45) is 3.53. The molecule has 15 heavy (non-hydrogen) atoms. The summed E-state index contributed by atoms with van der Waals surface area (Å²) in [6, 6.07) is 8.21. The molecule has 1 N–H and O–H groups in total. The Balaban J connectivity index is 2.36. The van der Waals surface area contributed by atoms with Crippen LogP contribution in [0.1, 0.15) is 44.8 Å². The van der Waals surface area contributed by atoms with Crippen LogP contribution in [0.5, 0.6) is 0 Å². The second-order valence-electron chi connectivity index (χ2n) is 3.80. The van der Waals surface area contributed by atoms with Crippen LogP contribution < -0.4 is 0 Å². The van der Waals surface area contributed by atoms with Crippen LogP contribution in [0.4, 0.5) is 0 Å². The van der Waals surface area contributed by atoms with Gasteiger partial charge in [0.15, 0.2) is 0 Å². The van der Waals surface area contributed by atoms with E-state index in [1.165, 1.54) is 29.9 Å². The Morgan fingerprint density at radius 3 is 2.40 bits per heavy atom. The molecule has 0 saturated carbocycles. The quantitative estimate of drug-likeness (QED) is 0.581. The van der Waals surface area contributed by atoms with Gasteiger partial charge in [-0.25, -0.2) is 0 Å². The van der Waals surface area contributed by atoms with Gasteiger partial charge in [0.05, 0.1) is 6.10 Å². The van der Waals surface area contributed by atoms with Crippen molar-refractivity contribution in [1.29, 1.82) is 0 Å². The van der Waals surface area contributed by atoms with Gasteiger partial charge in [-0.1, -0.05) is 31.9 Å². The summed E-state index contributed by atoms with van der Waals surface area (Å²) < 4.78 is 0. The van der Waals surface area contributed by atoms with E-state index in [1.54, 1.807) is 6.92 Å². The molecule has 0 aromatic heterocycles. The molecule has 1 rings (SSSR count). The van der Waals surface area contributed by atoms with E-state index in [4.69, 9.17) is 0 Å². The van der Waals surface area contributed by atoms with Gasteiger partial charge in [-0.3, -0.25) is 0 Å². The third-order valence-corrected chi connectivity index (χ3v) is 3.48. The van der Waals surface area contributed by atoms with E-state index in [9.17, 15) is 5.11 Å². The van der Waals surface area contributed by atoms with Gasteiger partial charge in [0.2, 0.25) is 0 Å². The summed E-state index contributed by atoms with van der Waals surface area (Å²) in [5.74, 6) is 1.20. The fourth-order valence-electron chi connectivity index (χ4n) is 1.38. The van der Waals surface area contributed by atoms with Crippen molar-refractivity contribution in [2.24, 2.45) is 0 Å². The van der Waals surface area contributed by atoms with Crippen molar-refractivity contribution in [3.63, 3.8) is 0 Å². The van der Waals surface area contributed by atoms with Crippen molar-refractivity contribution in [3.8, 4) is 0 Å². The van der Waals surface area contributed by atoms with Gasteiger partial charge in [-0.05, 0) is 36.8 Å². The number of aliphatic hydroxyl groups excluding tert-OH is 1. The zero-order valence-corrected chi connectivity index (χ0v) is 10.4. The number of aliphatic hydroxyl groups is 1. The molecule has 0 spiro atoms. The molecule has 0 saturated heterocycles. The van der Waals surface area contributed by atoms with Crippen molar-refractivity contribution in [1.82, 2.24) is 0 Å². The average molecular weight is 224 g/mol. The lowest BCUT2D eigenvalue weighted by Crippen LogP contribution is -1.89. The molecular formula is C13H20OS. The normalized spacial score (nSPS) is 12.7. The molecule has 1 unspecified atom stereocenters. The minimum Gasteiger partial charge on any atom is -0.389 e. The molecule has 0 radical (unpaired) electrons. The second kappa shape index (κ2) is 6.91. The highest BCUT2D eigenvalue weighted by Crippen LogP contribution is 2.22. The van der Waals surface area contributed by atoms with Gasteiger partial charge in [-0.2, -0.15) is 0 Å². The fraction of sp³-hybridized carbons (Fsp3) is 0.538. The smallest absolute Gasteiger partial charge is 0.0761 e. The lowest BCUT2D eigenvalue weighted by molar-refractivity contribution is 0.199. The maximum absolute atomic E-state index is 9.35. The number of rotatable bonds is 6. The Hall–Kier alpha value is -0.470. The molecule has 0 aliphatic carbocycles. The predicted molar refractivity (Wildman–Crippen MR) is 67.3 cm³/mol. The molecule has 1 aromatic carbocycles. The van der Waals surface area contributed by atoms with Gasteiger partial charge in [-0.15, -0.1) is 11.8 Å². The van der Waals surface area contributed by atoms with E-state index in [2.05, 4.69) is 19.1 Å². The highest BCUT2D eigenvalue weighted by molar-refractivity contribution is 7.99. The largest absolute Gasteiger partial charge is 0.389 e. The van der Waals surface area contributed by atoms with Crippen LogP contribution >= 0.6 is 11.8 Å². The minimum absolute atomic E-state index is 0.357. The lowest BCUT2D eigenvalue weighted by Gasteiger charge is -2.05. The van der Waals surface area contributed by atoms with Gasteiger partial charge < -0.3 is 5.11 Å². The first-order chi connectivity index (χ1) is 7.24. The van der Waals surface area contributed by atoms with Crippen LogP contribution in [0, 0.1) is 0 Å². The standard InChI is InChI=1S/C13H20OS/c1-3-4-5-10-15-13-8-6-12(7-9-13)11(2)14/h6-9,11,14H,3-5,10H2,1-2H3. The van der Waals surface area contributed by atoms with Crippen LogP contribution in [-0.4, -0.2) is 10.9 Å². The molecule has 1 nitrogen and oxygen atoms in total. The topological polar surface area (TPSA) is 20.2 Å². The van der Waals surface area contributed by atoms with Crippen molar-refractivity contribution in [3.05, 3.63) is 29.8 Å². The van der Waals surface area contributed by atoms with Gasteiger partial charge in [0.1, 0.15) is 0 Å². The molecule has 0 bridgehead atoms. The Morgan fingerprint density at radius 2 is 1.87 bits per heavy atom. The van der Waals surface area contributed by atoms with Crippen LogP contribution in [0.3, 0.4) is 0 Å². The lowest BCUT2D eigenvalue weighted by atomic mass is 10.1. The van der Waals surface area contributed by atoms with Gasteiger partial charge >= 0.3 is 0 Å². The average Bonchev–Trinajstić information content (AvgIpc) is 2.25. The molecule has 0 fully saturated rings. The first-order valence-corrected chi connectivity index (χ1v) is 6.63. The van der Waals surface area contributed by atoms with E-state index in [1.807, 2.05) is 23.9 Å². The van der Waals surface area contributed by atoms with E-state index in [-0.39, 0.29) is 6.10 Å². The molecule has 0 aliphatic rings. The monoisotopic (exact) mass is 224 g/mol. The molecular weight excluding hydrogens is 204 g/mol. The van der Waals surface area contributed by atoms with E-state index in [0.717, 1.165) is 5.56 Å². The maximum Gasteiger partial charge on any atom is 0.0761 e. The van der Waals surface area contributed by atoms with E-state index >= 15 is 0 Å². The Kier molecular flexibility index (Phi) is 5.81. The molecule has 84 valence electrons. The number of unbranched alkanes of at least 4 members (excludes halogenated alkanes) is 2. The second-order valence-corrected chi connectivity index (χ2v) is 4.97. The van der Waals surface area contributed by atoms with Gasteiger partial charge in [0.25, 0.3) is 0 Å². The van der Waals surface area contributed by atoms with Crippen LogP contribution in [0.2, 0.25) is 0 Å². The summed E-state index contributed by atoms with van der Waals surface area (Å²) in [6.45, 7) is 4.02. The first kappa shape index (κ1) is 12.6. The minimum atomic E-state index is -0.357. The SMILES string of the molecule is CCCCCSc1ccc(C(C)O)cc1. The maximum atomic E-state index is 9.35. The van der Waals surface area contributed by atoms with Gasteiger partial charge in [0, 0.05) is 4.90 Å². The van der Waals surface area contributed by atoms with Crippen LogP contribution in [0.25, 0.3) is 0 Å². The molecule has 0 heterocycles. The van der Waals surface area contributed by atoms with Crippen molar-refractivity contribution in [2.45, 2.75) is 44.1 Å². The molecule has 1 aromatic rings.